The van der Waals surface area contributed by atoms with E-state index in [2.05, 4.69) is 20.4 Å². The summed E-state index contributed by atoms with van der Waals surface area (Å²) in [6.45, 7) is -0.805. The smallest absolute Gasteiger partial charge is 0.361 e. The first-order chi connectivity index (χ1) is 13.4. The number of alkyl halides is 3. The Morgan fingerprint density at radius 3 is 2.61 bits per heavy atom. The second-order valence-electron chi connectivity index (χ2n) is 6.12. The van der Waals surface area contributed by atoms with Crippen molar-refractivity contribution in [3.63, 3.8) is 0 Å². The molecule has 4 rings (SSSR count). The van der Waals surface area contributed by atoms with E-state index >= 15 is 0 Å². The second kappa shape index (κ2) is 6.95. The molecule has 0 aliphatic carbocycles. The first-order valence-corrected chi connectivity index (χ1v) is 8.29. The molecule has 0 fully saturated rings. The van der Waals surface area contributed by atoms with Crippen LogP contribution in [0.25, 0.3) is 11.8 Å². The molecule has 1 aromatic carbocycles. The van der Waals surface area contributed by atoms with Crippen LogP contribution >= 0.6 is 0 Å². The summed E-state index contributed by atoms with van der Waals surface area (Å²) < 4.78 is 52.3. The molecule has 6 nitrogen and oxygen atoms in total. The average molecular weight is 390 g/mol. The minimum absolute atomic E-state index is 0.0847. The van der Waals surface area contributed by atoms with Crippen molar-refractivity contribution in [3.8, 4) is 5.69 Å². The van der Waals surface area contributed by atoms with Crippen molar-refractivity contribution in [2.75, 3.05) is 16.8 Å². The third kappa shape index (κ3) is 3.80. The molecule has 3 aromatic rings. The van der Waals surface area contributed by atoms with Gasteiger partial charge in [0.2, 0.25) is 0 Å². The Kier molecular flexibility index (Phi) is 4.46. The molecule has 2 aromatic heterocycles. The molecular weight excluding hydrogens is 376 g/mol. The molecule has 28 heavy (non-hydrogen) atoms. The summed E-state index contributed by atoms with van der Waals surface area (Å²) in [6.07, 6.45) is 1.89. The summed E-state index contributed by atoms with van der Waals surface area (Å²) in [7, 11) is 0. The molecular formula is C18H14F4N6. The van der Waals surface area contributed by atoms with Crippen molar-refractivity contribution >= 4 is 17.6 Å². The molecule has 0 saturated carbocycles. The molecule has 0 amide bonds. The van der Waals surface area contributed by atoms with Gasteiger partial charge in [-0.2, -0.15) is 18.3 Å². The standard InChI is InChI=1S/C18H14F4N6/c19-12-1-3-13(4-2-12)27-6-5-15-14(8-27)16(28-11-23-10-25-28)7-17(26-15)24-9-18(20,21)22/h1-7,10-11H,8-9H2,(H,24,26). The Morgan fingerprint density at radius 2 is 1.93 bits per heavy atom. The van der Waals surface area contributed by atoms with E-state index < -0.39 is 12.7 Å². The largest absolute Gasteiger partial charge is 0.405 e. The van der Waals surface area contributed by atoms with Gasteiger partial charge in [-0.3, -0.25) is 0 Å². The number of aromatic nitrogens is 4. The van der Waals surface area contributed by atoms with Crippen molar-refractivity contribution in [1.82, 2.24) is 19.7 Å². The van der Waals surface area contributed by atoms with Gasteiger partial charge >= 0.3 is 6.18 Å². The summed E-state index contributed by atoms with van der Waals surface area (Å²) in [6, 6.07) is 7.51. The Labute approximate surface area is 157 Å². The maximum absolute atomic E-state index is 13.2. The van der Waals surface area contributed by atoms with E-state index in [1.54, 1.807) is 24.4 Å². The van der Waals surface area contributed by atoms with Crippen LogP contribution in [-0.2, 0) is 6.54 Å². The molecule has 3 heterocycles. The van der Waals surface area contributed by atoms with Gasteiger partial charge in [0.1, 0.15) is 30.8 Å². The van der Waals surface area contributed by atoms with Crippen molar-refractivity contribution in [1.29, 1.82) is 0 Å². The molecule has 1 aliphatic heterocycles. The molecule has 1 aliphatic rings. The highest BCUT2D eigenvalue weighted by Gasteiger charge is 2.27. The number of nitrogens with zero attached hydrogens (tertiary/aromatic N) is 5. The van der Waals surface area contributed by atoms with E-state index in [0.29, 0.717) is 17.9 Å². The highest BCUT2D eigenvalue weighted by atomic mass is 19.4. The lowest BCUT2D eigenvalue weighted by Crippen LogP contribution is -2.24. The van der Waals surface area contributed by atoms with E-state index in [1.165, 1.54) is 35.5 Å². The van der Waals surface area contributed by atoms with Crippen LogP contribution in [0.1, 0.15) is 11.3 Å². The van der Waals surface area contributed by atoms with E-state index in [9.17, 15) is 17.6 Å². The normalized spacial score (nSPS) is 13.5. The second-order valence-corrected chi connectivity index (χ2v) is 6.12. The Hall–Kier alpha value is -3.43. The molecule has 0 unspecified atom stereocenters. The number of pyridine rings is 1. The van der Waals surface area contributed by atoms with Crippen molar-refractivity contribution in [2.45, 2.75) is 12.7 Å². The van der Waals surface area contributed by atoms with Gasteiger partial charge in [0, 0.05) is 23.5 Å². The van der Waals surface area contributed by atoms with Crippen LogP contribution in [0.15, 0.2) is 49.2 Å². The minimum atomic E-state index is -4.36. The number of fused-ring (bicyclic) bond motifs is 1. The Bertz CT molecular complexity index is 996. The van der Waals surface area contributed by atoms with Crippen LogP contribution in [0.3, 0.4) is 0 Å². The zero-order valence-corrected chi connectivity index (χ0v) is 14.4. The molecule has 1 N–H and O–H groups in total. The molecule has 0 bridgehead atoms. The van der Waals surface area contributed by atoms with Gasteiger partial charge in [-0.1, -0.05) is 0 Å². The Balaban J connectivity index is 1.71. The molecule has 144 valence electrons. The molecule has 10 heteroatoms. The summed E-state index contributed by atoms with van der Waals surface area (Å²) >= 11 is 0. The number of anilines is 2. The van der Waals surface area contributed by atoms with Crippen LogP contribution in [0.5, 0.6) is 0 Å². The fraction of sp³-hybridized carbons (Fsp3) is 0.167. The average Bonchev–Trinajstić information content (AvgIpc) is 3.20. The van der Waals surface area contributed by atoms with Crippen LogP contribution in [0, 0.1) is 5.82 Å². The summed E-state index contributed by atoms with van der Waals surface area (Å²) in [4.78, 5) is 10.1. The predicted octanol–water partition coefficient (Wildman–Crippen LogP) is 3.77. The minimum Gasteiger partial charge on any atom is -0.361 e. The highest BCUT2D eigenvalue weighted by molar-refractivity contribution is 5.68. The van der Waals surface area contributed by atoms with E-state index in [4.69, 9.17) is 0 Å². The maximum atomic E-state index is 13.2. The number of benzene rings is 1. The van der Waals surface area contributed by atoms with Crippen LogP contribution in [-0.4, -0.2) is 32.5 Å². The first-order valence-electron chi connectivity index (χ1n) is 8.29. The van der Waals surface area contributed by atoms with E-state index in [1.807, 2.05) is 4.90 Å². The Morgan fingerprint density at radius 1 is 1.14 bits per heavy atom. The molecule has 0 radical (unpaired) electrons. The van der Waals surface area contributed by atoms with Gasteiger partial charge < -0.3 is 10.2 Å². The van der Waals surface area contributed by atoms with Gasteiger partial charge in [0.15, 0.2) is 0 Å². The van der Waals surface area contributed by atoms with Crippen LogP contribution < -0.4 is 10.2 Å². The molecule has 0 spiro atoms. The SMILES string of the molecule is Fc1ccc(N2C=Cc3nc(NCC(F)(F)F)cc(-n4cncn4)c3C2)cc1. The molecule has 0 atom stereocenters. The number of rotatable bonds is 4. The van der Waals surface area contributed by atoms with Crippen LogP contribution in [0.2, 0.25) is 0 Å². The lowest BCUT2D eigenvalue weighted by atomic mass is 10.1. The van der Waals surface area contributed by atoms with Gasteiger partial charge in [0.25, 0.3) is 0 Å². The topological polar surface area (TPSA) is 58.9 Å². The highest BCUT2D eigenvalue weighted by Crippen LogP contribution is 2.30. The lowest BCUT2D eigenvalue weighted by molar-refractivity contribution is -0.115. The van der Waals surface area contributed by atoms with Crippen molar-refractivity contribution in [3.05, 3.63) is 66.3 Å². The maximum Gasteiger partial charge on any atom is 0.405 e. The number of hydrogen-bond donors (Lipinski definition) is 1. The lowest BCUT2D eigenvalue weighted by Gasteiger charge is -2.27. The summed E-state index contributed by atoms with van der Waals surface area (Å²) in [5.74, 6) is -0.253. The zero-order valence-electron chi connectivity index (χ0n) is 14.4. The molecule has 0 saturated heterocycles. The zero-order chi connectivity index (χ0) is 19.7. The van der Waals surface area contributed by atoms with Crippen molar-refractivity contribution < 1.29 is 17.6 Å². The van der Waals surface area contributed by atoms with Gasteiger partial charge in [0.05, 0.1) is 17.9 Å². The van der Waals surface area contributed by atoms with E-state index in [-0.39, 0.29) is 11.6 Å². The number of halogens is 4. The van der Waals surface area contributed by atoms with Crippen LogP contribution in [0.4, 0.5) is 29.1 Å². The fourth-order valence-corrected chi connectivity index (χ4v) is 2.89. The summed E-state index contributed by atoms with van der Waals surface area (Å²) in [5, 5.41) is 6.39. The van der Waals surface area contributed by atoms with E-state index in [0.717, 1.165) is 11.3 Å². The van der Waals surface area contributed by atoms with Gasteiger partial charge in [-0.05, 0) is 30.3 Å². The monoisotopic (exact) mass is 390 g/mol. The number of hydrogen-bond acceptors (Lipinski definition) is 5. The van der Waals surface area contributed by atoms with Crippen molar-refractivity contribution in [2.24, 2.45) is 0 Å². The quantitative estimate of drug-likeness (QED) is 0.688. The number of nitrogens with one attached hydrogen (secondary N) is 1. The third-order valence-electron chi connectivity index (χ3n) is 4.17. The fourth-order valence-electron chi connectivity index (χ4n) is 2.89. The first kappa shape index (κ1) is 18.0. The van der Waals surface area contributed by atoms with Gasteiger partial charge in [-0.25, -0.2) is 19.0 Å². The third-order valence-corrected chi connectivity index (χ3v) is 4.17. The van der Waals surface area contributed by atoms with Gasteiger partial charge in [-0.15, -0.1) is 0 Å². The predicted molar refractivity (Wildman–Crippen MR) is 95.3 cm³/mol. The summed E-state index contributed by atoms with van der Waals surface area (Å²) in [5.41, 5.74) is 2.61.